The van der Waals surface area contributed by atoms with Gasteiger partial charge in [-0.05, 0) is 37.8 Å². The molecular formula is C23H27NO6. The summed E-state index contributed by atoms with van der Waals surface area (Å²) in [6.45, 7) is 3.43. The number of ether oxygens (including phenoxy) is 3. The Morgan fingerprint density at radius 1 is 1.17 bits per heavy atom. The Morgan fingerprint density at radius 2 is 1.87 bits per heavy atom. The van der Waals surface area contributed by atoms with Crippen LogP contribution in [0.5, 0.6) is 17.2 Å². The van der Waals surface area contributed by atoms with Gasteiger partial charge in [0.1, 0.15) is 18.0 Å². The zero-order chi connectivity index (χ0) is 21.7. The highest BCUT2D eigenvalue weighted by Gasteiger charge is 2.39. The molecule has 2 aromatic rings. The molecule has 3 rings (SSSR count). The van der Waals surface area contributed by atoms with Gasteiger partial charge in [-0.3, -0.25) is 9.59 Å². The predicted octanol–water partition coefficient (Wildman–Crippen LogP) is 3.79. The largest absolute Gasteiger partial charge is 0.503 e. The average Bonchev–Trinajstić information content (AvgIpc) is 3.57. The van der Waals surface area contributed by atoms with E-state index in [9.17, 15) is 14.7 Å². The molecule has 1 heterocycles. The van der Waals surface area contributed by atoms with Crippen LogP contribution in [0.25, 0.3) is 0 Å². The molecule has 1 aliphatic rings. The van der Waals surface area contributed by atoms with E-state index in [1.165, 1.54) is 19.4 Å². The van der Waals surface area contributed by atoms with E-state index in [2.05, 4.69) is 4.98 Å². The molecule has 30 heavy (non-hydrogen) atoms. The molecule has 0 amide bonds. The Labute approximate surface area is 176 Å². The van der Waals surface area contributed by atoms with Crippen molar-refractivity contribution in [2.45, 2.75) is 45.3 Å². The minimum Gasteiger partial charge on any atom is -0.503 e. The quantitative estimate of drug-likeness (QED) is 0.468. The maximum Gasteiger partial charge on any atom is 0.309 e. The minimum absolute atomic E-state index is 0.120. The maximum atomic E-state index is 12.6. The van der Waals surface area contributed by atoms with E-state index in [0.29, 0.717) is 5.92 Å². The second-order valence-corrected chi connectivity index (χ2v) is 7.61. The van der Waals surface area contributed by atoms with Gasteiger partial charge in [0.05, 0.1) is 13.0 Å². The van der Waals surface area contributed by atoms with Crippen LogP contribution in [0.15, 0.2) is 42.6 Å². The van der Waals surface area contributed by atoms with E-state index in [0.717, 1.165) is 18.6 Å². The molecule has 0 aliphatic heterocycles. The fraction of sp³-hybridized carbons (Fsp3) is 0.435. The molecule has 7 heteroatoms. The summed E-state index contributed by atoms with van der Waals surface area (Å²) in [6, 6.07) is 10.9. The van der Waals surface area contributed by atoms with Crippen LogP contribution in [0.3, 0.4) is 0 Å². The van der Waals surface area contributed by atoms with E-state index in [1.807, 2.05) is 37.3 Å². The Hall–Kier alpha value is -3.09. The molecule has 7 nitrogen and oxygen atoms in total. The van der Waals surface area contributed by atoms with Gasteiger partial charge in [-0.2, -0.15) is 0 Å². The standard InChI is InChI=1S/C23H27NO6/c1-14(13-18(25)20-21(26)19(28-3)11-12-24-20)23(27)29-15(2)22(16-9-10-16)30-17-7-5-4-6-8-17/h4-8,11-12,14-16,22,26H,9-10,13H2,1-3H3/t14-,15+,22+/m1/s1. The molecule has 1 N–H and O–H groups in total. The second kappa shape index (κ2) is 9.61. The van der Waals surface area contributed by atoms with Crippen molar-refractivity contribution in [1.82, 2.24) is 4.98 Å². The van der Waals surface area contributed by atoms with E-state index in [1.54, 1.807) is 6.92 Å². The highest BCUT2D eigenvalue weighted by molar-refractivity contribution is 5.99. The topological polar surface area (TPSA) is 95.0 Å². The van der Waals surface area contributed by atoms with Crippen molar-refractivity contribution in [2.75, 3.05) is 7.11 Å². The van der Waals surface area contributed by atoms with E-state index in [-0.39, 0.29) is 29.7 Å². The van der Waals surface area contributed by atoms with Crippen molar-refractivity contribution in [1.29, 1.82) is 0 Å². The van der Waals surface area contributed by atoms with Gasteiger partial charge in [-0.15, -0.1) is 0 Å². The zero-order valence-corrected chi connectivity index (χ0v) is 17.4. The smallest absolute Gasteiger partial charge is 0.309 e. The zero-order valence-electron chi connectivity index (χ0n) is 17.4. The Kier molecular flexibility index (Phi) is 6.92. The lowest BCUT2D eigenvalue weighted by Gasteiger charge is -2.26. The highest BCUT2D eigenvalue weighted by atomic mass is 16.6. The number of methoxy groups -OCH3 is 1. The monoisotopic (exact) mass is 413 g/mol. The fourth-order valence-electron chi connectivity index (χ4n) is 3.29. The van der Waals surface area contributed by atoms with Crippen molar-refractivity contribution >= 4 is 11.8 Å². The first-order valence-electron chi connectivity index (χ1n) is 10.1. The number of benzene rings is 1. The summed E-state index contributed by atoms with van der Waals surface area (Å²) < 4.78 is 16.7. The number of hydrogen-bond donors (Lipinski definition) is 1. The molecule has 0 unspecified atom stereocenters. The van der Waals surface area contributed by atoms with Gasteiger partial charge in [0.25, 0.3) is 0 Å². The molecule has 0 radical (unpaired) electrons. The molecule has 0 bridgehead atoms. The van der Waals surface area contributed by atoms with Crippen molar-refractivity contribution in [2.24, 2.45) is 11.8 Å². The molecule has 0 spiro atoms. The molecule has 1 aromatic heterocycles. The summed E-state index contributed by atoms with van der Waals surface area (Å²) in [7, 11) is 1.39. The Bertz CT molecular complexity index is 881. The number of aromatic nitrogens is 1. The Morgan fingerprint density at radius 3 is 2.50 bits per heavy atom. The number of ketones is 1. The van der Waals surface area contributed by atoms with E-state index >= 15 is 0 Å². The molecule has 3 atom stereocenters. The summed E-state index contributed by atoms with van der Waals surface area (Å²) in [4.78, 5) is 29.0. The van der Waals surface area contributed by atoms with Crippen LogP contribution < -0.4 is 9.47 Å². The molecule has 1 aromatic carbocycles. The highest BCUT2D eigenvalue weighted by Crippen LogP contribution is 2.37. The number of rotatable bonds is 10. The molecule has 1 fully saturated rings. The van der Waals surface area contributed by atoms with Crippen LogP contribution >= 0.6 is 0 Å². The lowest BCUT2D eigenvalue weighted by Crippen LogP contribution is -2.36. The predicted molar refractivity (Wildman–Crippen MR) is 110 cm³/mol. The van der Waals surface area contributed by atoms with Crippen LogP contribution in [0.4, 0.5) is 0 Å². The first-order valence-corrected chi connectivity index (χ1v) is 10.1. The Balaban J connectivity index is 1.59. The number of pyridine rings is 1. The molecular weight excluding hydrogens is 386 g/mol. The van der Waals surface area contributed by atoms with E-state index in [4.69, 9.17) is 14.2 Å². The lowest BCUT2D eigenvalue weighted by atomic mass is 10.0. The van der Waals surface area contributed by atoms with E-state index < -0.39 is 23.8 Å². The van der Waals surface area contributed by atoms with Gasteiger partial charge in [0, 0.05) is 18.7 Å². The fourth-order valence-corrected chi connectivity index (χ4v) is 3.29. The average molecular weight is 413 g/mol. The number of aromatic hydroxyl groups is 1. The number of para-hydroxylation sites is 1. The van der Waals surface area contributed by atoms with Crippen LogP contribution in [0.1, 0.15) is 43.6 Å². The first kappa shape index (κ1) is 21.6. The van der Waals surface area contributed by atoms with Crippen molar-refractivity contribution in [3.05, 3.63) is 48.3 Å². The van der Waals surface area contributed by atoms with Gasteiger partial charge in [0.15, 0.2) is 23.0 Å². The summed E-state index contributed by atoms with van der Waals surface area (Å²) in [5.41, 5.74) is -0.120. The first-order chi connectivity index (χ1) is 14.4. The van der Waals surface area contributed by atoms with Crippen molar-refractivity contribution in [3.63, 3.8) is 0 Å². The maximum absolute atomic E-state index is 12.6. The number of esters is 1. The van der Waals surface area contributed by atoms with Crippen LogP contribution in [0, 0.1) is 11.8 Å². The number of carbonyl (C=O) groups excluding carboxylic acids is 2. The summed E-state index contributed by atoms with van der Waals surface area (Å²) in [5.74, 6) is -0.721. The number of carbonyl (C=O) groups is 2. The number of nitrogens with zero attached hydrogens (tertiary/aromatic N) is 1. The number of Topliss-reactive ketones (excluding diaryl/α,β-unsaturated/α-hetero) is 1. The van der Waals surface area contributed by atoms with Gasteiger partial charge in [0.2, 0.25) is 0 Å². The SMILES string of the molecule is COc1ccnc(C(=O)C[C@@H](C)C(=O)O[C@@H](C)[C@H](Oc2ccccc2)C2CC2)c1O. The minimum atomic E-state index is -0.691. The third-order valence-corrected chi connectivity index (χ3v) is 5.13. The second-order valence-electron chi connectivity index (χ2n) is 7.61. The lowest BCUT2D eigenvalue weighted by molar-refractivity contribution is -0.157. The summed E-state index contributed by atoms with van der Waals surface area (Å²) in [6.07, 6.45) is 2.63. The third kappa shape index (κ3) is 5.28. The number of hydrogen-bond acceptors (Lipinski definition) is 7. The van der Waals surface area contributed by atoms with Crippen molar-refractivity contribution in [3.8, 4) is 17.2 Å². The summed E-state index contributed by atoms with van der Waals surface area (Å²) >= 11 is 0. The molecule has 160 valence electrons. The van der Waals surface area contributed by atoms with Crippen LogP contribution in [-0.2, 0) is 9.53 Å². The van der Waals surface area contributed by atoms with Gasteiger partial charge < -0.3 is 19.3 Å². The van der Waals surface area contributed by atoms with Gasteiger partial charge in [-0.1, -0.05) is 25.1 Å². The van der Waals surface area contributed by atoms with Gasteiger partial charge in [-0.25, -0.2) is 4.98 Å². The molecule has 0 saturated heterocycles. The molecule has 1 saturated carbocycles. The van der Waals surface area contributed by atoms with Crippen molar-refractivity contribution < 1.29 is 28.9 Å². The van der Waals surface area contributed by atoms with Crippen LogP contribution in [-0.4, -0.2) is 41.2 Å². The van der Waals surface area contributed by atoms with Crippen LogP contribution in [0.2, 0.25) is 0 Å². The summed E-state index contributed by atoms with van der Waals surface area (Å²) in [5, 5.41) is 10.1. The molecule has 1 aliphatic carbocycles. The third-order valence-electron chi connectivity index (χ3n) is 5.13. The normalized spacial score (nSPS) is 16.2. The van der Waals surface area contributed by atoms with Gasteiger partial charge >= 0.3 is 5.97 Å².